The highest BCUT2D eigenvalue weighted by atomic mass is 16.7. The SMILES string of the molecule is NCCCN1CCC2(CCc3ccc4c(c3O2)OCO4)C1. The number of ether oxygens (including phenoxy) is 3. The quantitative estimate of drug-likeness (QED) is 0.915. The van der Waals surface area contributed by atoms with E-state index >= 15 is 0 Å². The molecule has 0 saturated carbocycles. The first-order valence-corrected chi connectivity index (χ1v) is 7.83. The van der Waals surface area contributed by atoms with Crippen molar-refractivity contribution in [2.45, 2.75) is 31.3 Å². The number of nitrogens with two attached hydrogens (primary N) is 1. The maximum absolute atomic E-state index is 6.46. The molecular weight excluding hydrogens is 268 g/mol. The van der Waals surface area contributed by atoms with Crippen LogP contribution in [0.3, 0.4) is 0 Å². The smallest absolute Gasteiger partial charge is 0.231 e. The van der Waals surface area contributed by atoms with Crippen molar-refractivity contribution in [3.63, 3.8) is 0 Å². The predicted octanol–water partition coefficient (Wildman–Crippen LogP) is 1.53. The van der Waals surface area contributed by atoms with Gasteiger partial charge in [0.1, 0.15) is 5.60 Å². The van der Waals surface area contributed by atoms with E-state index in [0.29, 0.717) is 6.79 Å². The number of hydrogen-bond acceptors (Lipinski definition) is 5. The summed E-state index contributed by atoms with van der Waals surface area (Å²) in [6.45, 7) is 4.22. The minimum Gasteiger partial charge on any atom is -0.482 e. The molecule has 4 rings (SSSR count). The Morgan fingerprint density at radius 1 is 1.19 bits per heavy atom. The molecule has 0 radical (unpaired) electrons. The Morgan fingerprint density at radius 2 is 2.14 bits per heavy atom. The lowest BCUT2D eigenvalue weighted by Gasteiger charge is -2.36. The van der Waals surface area contributed by atoms with E-state index in [0.717, 1.165) is 69.1 Å². The summed E-state index contributed by atoms with van der Waals surface area (Å²) < 4.78 is 17.5. The number of rotatable bonds is 3. The van der Waals surface area contributed by atoms with Gasteiger partial charge in [0.05, 0.1) is 0 Å². The lowest BCUT2D eigenvalue weighted by molar-refractivity contribution is 0.0503. The summed E-state index contributed by atoms with van der Waals surface area (Å²) in [4.78, 5) is 2.47. The average molecular weight is 290 g/mol. The van der Waals surface area contributed by atoms with Crippen molar-refractivity contribution in [1.29, 1.82) is 0 Å². The summed E-state index contributed by atoms with van der Waals surface area (Å²) in [7, 11) is 0. The van der Waals surface area contributed by atoms with Crippen molar-refractivity contribution < 1.29 is 14.2 Å². The number of fused-ring (bicyclic) bond motifs is 3. The lowest BCUT2D eigenvalue weighted by atomic mass is 9.90. The molecule has 3 aliphatic rings. The Hall–Kier alpha value is -1.46. The highest BCUT2D eigenvalue weighted by Crippen LogP contribution is 2.49. The van der Waals surface area contributed by atoms with Crippen LogP contribution in [0.25, 0.3) is 0 Å². The molecule has 114 valence electrons. The van der Waals surface area contributed by atoms with Gasteiger partial charge < -0.3 is 19.9 Å². The fourth-order valence-electron chi connectivity index (χ4n) is 3.65. The molecule has 0 amide bonds. The molecule has 1 spiro atoms. The van der Waals surface area contributed by atoms with Crippen LogP contribution in [0.15, 0.2) is 12.1 Å². The largest absolute Gasteiger partial charge is 0.482 e. The molecule has 0 aromatic heterocycles. The van der Waals surface area contributed by atoms with Crippen molar-refractivity contribution in [2.75, 3.05) is 33.0 Å². The van der Waals surface area contributed by atoms with Crippen LogP contribution < -0.4 is 19.9 Å². The Morgan fingerprint density at radius 3 is 3.05 bits per heavy atom. The topological polar surface area (TPSA) is 57.0 Å². The predicted molar refractivity (Wildman–Crippen MR) is 79.0 cm³/mol. The standard InChI is InChI=1S/C16H22N2O3/c17-7-1-8-18-9-6-16(10-18)5-4-12-2-3-13-15(14(12)21-16)20-11-19-13/h2-3H,1,4-11,17H2. The average Bonchev–Trinajstić information content (AvgIpc) is 3.12. The van der Waals surface area contributed by atoms with E-state index in [-0.39, 0.29) is 5.60 Å². The number of benzene rings is 1. The molecule has 3 aliphatic heterocycles. The van der Waals surface area contributed by atoms with Gasteiger partial charge >= 0.3 is 0 Å². The molecule has 1 saturated heterocycles. The second-order valence-corrected chi connectivity index (χ2v) is 6.24. The zero-order chi connectivity index (χ0) is 14.3. The molecule has 1 unspecified atom stereocenters. The Kier molecular flexibility index (Phi) is 3.19. The van der Waals surface area contributed by atoms with E-state index < -0.39 is 0 Å². The van der Waals surface area contributed by atoms with E-state index in [1.54, 1.807) is 0 Å². The normalized spacial score (nSPS) is 26.9. The van der Waals surface area contributed by atoms with Crippen LogP contribution in [0.4, 0.5) is 0 Å². The molecule has 1 fully saturated rings. The minimum absolute atomic E-state index is 0.0529. The van der Waals surface area contributed by atoms with Gasteiger partial charge in [0.25, 0.3) is 0 Å². The van der Waals surface area contributed by atoms with Crippen molar-refractivity contribution in [2.24, 2.45) is 5.73 Å². The third-order valence-corrected chi connectivity index (χ3v) is 4.82. The number of likely N-dealkylation sites (tertiary alicyclic amines) is 1. The van der Waals surface area contributed by atoms with E-state index in [9.17, 15) is 0 Å². The molecule has 5 heteroatoms. The zero-order valence-electron chi connectivity index (χ0n) is 12.3. The maximum atomic E-state index is 6.46. The third-order valence-electron chi connectivity index (χ3n) is 4.82. The first kappa shape index (κ1) is 13.2. The highest BCUT2D eigenvalue weighted by molar-refractivity contribution is 5.58. The fraction of sp³-hybridized carbons (Fsp3) is 0.625. The first-order chi connectivity index (χ1) is 10.3. The fourth-order valence-corrected chi connectivity index (χ4v) is 3.65. The third kappa shape index (κ3) is 2.24. The molecule has 0 bridgehead atoms. The van der Waals surface area contributed by atoms with Crippen molar-refractivity contribution in [3.8, 4) is 17.2 Å². The van der Waals surface area contributed by atoms with Gasteiger partial charge in [0.2, 0.25) is 12.5 Å². The molecule has 1 aromatic carbocycles. The van der Waals surface area contributed by atoms with Gasteiger partial charge in [0, 0.05) is 19.5 Å². The number of aryl methyl sites for hydroxylation is 1. The van der Waals surface area contributed by atoms with Crippen LogP contribution in [0.1, 0.15) is 24.8 Å². The van der Waals surface area contributed by atoms with Crippen LogP contribution in [-0.4, -0.2) is 43.5 Å². The first-order valence-electron chi connectivity index (χ1n) is 7.83. The van der Waals surface area contributed by atoms with Gasteiger partial charge in [-0.1, -0.05) is 6.07 Å². The van der Waals surface area contributed by atoms with Crippen LogP contribution >= 0.6 is 0 Å². The van der Waals surface area contributed by atoms with Gasteiger partial charge in [0.15, 0.2) is 11.5 Å². The van der Waals surface area contributed by atoms with Crippen LogP contribution in [0, 0.1) is 0 Å². The van der Waals surface area contributed by atoms with E-state index in [1.165, 1.54) is 5.56 Å². The van der Waals surface area contributed by atoms with E-state index in [4.69, 9.17) is 19.9 Å². The number of nitrogens with zero attached hydrogens (tertiary/aromatic N) is 1. The van der Waals surface area contributed by atoms with Gasteiger partial charge in [-0.2, -0.15) is 0 Å². The molecule has 2 N–H and O–H groups in total. The molecular formula is C16H22N2O3. The second kappa shape index (κ2) is 5.07. The second-order valence-electron chi connectivity index (χ2n) is 6.24. The minimum atomic E-state index is -0.0529. The van der Waals surface area contributed by atoms with Crippen molar-refractivity contribution in [3.05, 3.63) is 17.7 Å². The molecule has 5 nitrogen and oxygen atoms in total. The Bertz CT molecular complexity index is 549. The lowest BCUT2D eigenvalue weighted by Crippen LogP contribution is -2.42. The maximum Gasteiger partial charge on any atom is 0.231 e. The van der Waals surface area contributed by atoms with Gasteiger partial charge in [-0.15, -0.1) is 0 Å². The number of hydrogen-bond donors (Lipinski definition) is 1. The van der Waals surface area contributed by atoms with Gasteiger partial charge in [-0.05, 0) is 44.0 Å². The summed E-state index contributed by atoms with van der Waals surface area (Å²) in [6.07, 6.45) is 4.27. The van der Waals surface area contributed by atoms with E-state index in [1.807, 2.05) is 6.07 Å². The molecule has 1 aromatic rings. The van der Waals surface area contributed by atoms with Crippen LogP contribution in [-0.2, 0) is 6.42 Å². The van der Waals surface area contributed by atoms with Gasteiger partial charge in [-0.3, -0.25) is 4.90 Å². The van der Waals surface area contributed by atoms with Crippen molar-refractivity contribution >= 4 is 0 Å². The summed E-state index contributed by atoms with van der Waals surface area (Å²) in [5.74, 6) is 2.52. The molecule has 1 atom stereocenters. The van der Waals surface area contributed by atoms with Crippen LogP contribution in [0.2, 0.25) is 0 Å². The summed E-state index contributed by atoms with van der Waals surface area (Å²) in [5.41, 5.74) is 6.80. The highest BCUT2D eigenvalue weighted by Gasteiger charge is 2.44. The molecule has 0 aliphatic carbocycles. The summed E-state index contributed by atoms with van der Waals surface area (Å²) >= 11 is 0. The summed E-state index contributed by atoms with van der Waals surface area (Å²) in [5, 5.41) is 0. The molecule has 3 heterocycles. The van der Waals surface area contributed by atoms with Gasteiger partial charge in [-0.25, -0.2) is 0 Å². The monoisotopic (exact) mass is 290 g/mol. The van der Waals surface area contributed by atoms with Crippen LogP contribution in [0.5, 0.6) is 17.2 Å². The zero-order valence-corrected chi connectivity index (χ0v) is 12.3. The Labute approximate surface area is 125 Å². The molecule has 21 heavy (non-hydrogen) atoms. The Balaban J connectivity index is 1.55. The van der Waals surface area contributed by atoms with Crippen molar-refractivity contribution in [1.82, 2.24) is 4.90 Å². The summed E-state index contributed by atoms with van der Waals surface area (Å²) in [6, 6.07) is 4.10. The van der Waals surface area contributed by atoms with E-state index in [2.05, 4.69) is 11.0 Å².